The van der Waals surface area contributed by atoms with Crippen LogP contribution in [0.4, 0.5) is 0 Å². The van der Waals surface area contributed by atoms with Crippen molar-refractivity contribution in [2.45, 2.75) is 19.3 Å². The van der Waals surface area contributed by atoms with Gasteiger partial charge in [-0.15, -0.1) is 0 Å². The van der Waals surface area contributed by atoms with Crippen molar-refractivity contribution in [1.82, 2.24) is 5.32 Å². The van der Waals surface area contributed by atoms with E-state index in [1.165, 1.54) is 19.3 Å². The summed E-state index contributed by atoms with van der Waals surface area (Å²) in [6.45, 7) is 2.97. The lowest BCUT2D eigenvalue weighted by Crippen LogP contribution is -2.23. The Hall–Kier alpha value is -0.860. The zero-order chi connectivity index (χ0) is 11.7. The minimum Gasteiger partial charge on any atom is -0.383 e. The predicted molar refractivity (Wildman–Crippen MR) is 69.1 cm³/mol. The van der Waals surface area contributed by atoms with Gasteiger partial charge in [0.05, 0.1) is 6.61 Å². The maximum Gasteiger partial charge on any atom is 0.0587 e. The molecule has 17 heavy (non-hydrogen) atoms. The number of hydrogen-bond donors (Lipinski definition) is 1. The fourth-order valence-corrected chi connectivity index (χ4v) is 3.33. The van der Waals surface area contributed by atoms with Gasteiger partial charge in [-0.3, -0.25) is 0 Å². The standard InChI is InChI=1S/C15H21NO/c1-17-7-6-16-11-14-10-15(14)8-12-4-2-3-5-13(12)9-15/h2-5,14,16H,6-11H2,1H3. The van der Waals surface area contributed by atoms with Crippen LogP contribution in [0, 0.1) is 11.3 Å². The molecule has 0 radical (unpaired) electrons. The second-order valence-corrected chi connectivity index (χ2v) is 5.58. The van der Waals surface area contributed by atoms with Gasteiger partial charge >= 0.3 is 0 Å². The van der Waals surface area contributed by atoms with Gasteiger partial charge in [0.2, 0.25) is 0 Å². The fraction of sp³-hybridized carbons (Fsp3) is 0.600. The molecule has 2 aliphatic rings. The van der Waals surface area contributed by atoms with E-state index in [1.54, 1.807) is 18.2 Å². The van der Waals surface area contributed by atoms with Gasteiger partial charge in [0.25, 0.3) is 0 Å². The minimum atomic E-state index is 0.615. The molecular weight excluding hydrogens is 210 g/mol. The third-order valence-electron chi connectivity index (χ3n) is 4.44. The molecule has 0 aromatic heterocycles. The summed E-state index contributed by atoms with van der Waals surface area (Å²) in [7, 11) is 1.76. The molecule has 1 atom stereocenters. The first-order valence-corrected chi connectivity index (χ1v) is 6.60. The van der Waals surface area contributed by atoms with Crippen LogP contribution in [0.2, 0.25) is 0 Å². The molecular formula is C15H21NO. The van der Waals surface area contributed by atoms with Crippen molar-refractivity contribution in [2.75, 3.05) is 26.8 Å². The average Bonchev–Trinajstić information content (AvgIpc) is 2.85. The van der Waals surface area contributed by atoms with E-state index in [4.69, 9.17) is 4.74 Å². The van der Waals surface area contributed by atoms with Crippen LogP contribution >= 0.6 is 0 Å². The van der Waals surface area contributed by atoms with Crippen LogP contribution in [-0.4, -0.2) is 26.8 Å². The molecule has 2 heteroatoms. The van der Waals surface area contributed by atoms with E-state index in [0.717, 1.165) is 25.6 Å². The van der Waals surface area contributed by atoms with Crippen LogP contribution in [0.15, 0.2) is 24.3 Å². The van der Waals surface area contributed by atoms with Gasteiger partial charge in [0, 0.05) is 13.7 Å². The molecule has 1 aromatic rings. The Balaban J connectivity index is 1.52. The van der Waals surface area contributed by atoms with Crippen molar-refractivity contribution in [3.05, 3.63) is 35.4 Å². The Labute approximate surface area is 103 Å². The van der Waals surface area contributed by atoms with Crippen molar-refractivity contribution >= 4 is 0 Å². The van der Waals surface area contributed by atoms with Gasteiger partial charge in [-0.2, -0.15) is 0 Å². The SMILES string of the molecule is COCCNCC1CC12Cc1ccccc1C2. The highest BCUT2D eigenvalue weighted by Crippen LogP contribution is 2.60. The number of ether oxygens (including phenoxy) is 1. The number of benzene rings is 1. The highest BCUT2D eigenvalue weighted by molar-refractivity contribution is 5.37. The molecule has 1 aromatic carbocycles. The third kappa shape index (κ3) is 2.12. The highest BCUT2D eigenvalue weighted by Gasteiger charge is 2.55. The Kier molecular flexibility index (Phi) is 2.93. The lowest BCUT2D eigenvalue weighted by Gasteiger charge is -2.09. The quantitative estimate of drug-likeness (QED) is 0.783. The van der Waals surface area contributed by atoms with Gasteiger partial charge < -0.3 is 10.1 Å². The van der Waals surface area contributed by atoms with E-state index in [2.05, 4.69) is 29.6 Å². The second-order valence-electron chi connectivity index (χ2n) is 5.58. The van der Waals surface area contributed by atoms with Gasteiger partial charge in [0.1, 0.15) is 0 Å². The fourth-order valence-electron chi connectivity index (χ4n) is 3.33. The molecule has 1 spiro atoms. The molecule has 1 N–H and O–H groups in total. The van der Waals surface area contributed by atoms with Crippen LogP contribution in [-0.2, 0) is 17.6 Å². The Morgan fingerprint density at radius 1 is 1.29 bits per heavy atom. The van der Waals surface area contributed by atoms with Crippen LogP contribution in [0.3, 0.4) is 0 Å². The van der Waals surface area contributed by atoms with Crippen molar-refractivity contribution in [2.24, 2.45) is 11.3 Å². The van der Waals surface area contributed by atoms with Gasteiger partial charge in [0.15, 0.2) is 0 Å². The molecule has 1 unspecified atom stereocenters. The first kappa shape index (κ1) is 11.2. The van der Waals surface area contributed by atoms with Crippen molar-refractivity contribution in [3.63, 3.8) is 0 Å². The maximum absolute atomic E-state index is 5.05. The summed E-state index contributed by atoms with van der Waals surface area (Å²) < 4.78 is 5.05. The lowest BCUT2D eigenvalue weighted by molar-refractivity contribution is 0.198. The van der Waals surface area contributed by atoms with Crippen LogP contribution in [0.5, 0.6) is 0 Å². The summed E-state index contributed by atoms with van der Waals surface area (Å²) in [4.78, 5) is 0. The molecule has 92 valence electrons. The van der Waals surface area contributed by atoms with Gasteiger partial charge in [-0.25, -0.2) is 0 Å². The van der Waals surface area contributed by atoms with Crippen LogP contribution < -0.4 is 5.32 Å². The number of rotatable bonds is 5. The number of nitrogens with one attached hydrogen (secondary N) is 1. The summed E-state index contributed by atoms with van der Waals surface area (Å²) in [5, 5.41) is 3.50. The largest absolute Gasteiger partial charge is 0.383 e. The zero-order valence-corrected chi connectivity index (χ0v) is 10.5. The maximum atomic E-state index is 5.05. The van der Waals surface area contributed by atoms with Crippen LogP contribution in [0.1, 0.15) is 17.5 Å². The lowest BCUT2D eigenvalue weighted by atomic mass is 10.00. The number of hydrogen-bond acceptors (Lipinski definition) is 2. The van der Waals surface area contributed by atoms with Crippen molar-refractivity contribution in [3.8, 4) is 0 Å². The molecule has 2 aliphatic carbocycles. The van der Waals surface area contributed by atoms with Crippen molar-refractivity contribution in [1.29, 1.82) is 0 Å². The highest BCUT2D eigenvalue weighted by atomic mass is 16.5. The molecule has 1 saturated carbocycles. The second kappa shape index (κ2) is 4.43. The van der Waals surface area contributed by atoms with E-state index >= 15 is 0 Å². The van der Waals surface area contributed by atoms with Gasteiger partial charge in [-0.1, -0.05) is 24.3 Å². The normalized spacial score (nSPS) is 23.9. The molecule has 3 rings (SSSR count). The molecule has 0 aliphatic heterocycles. The topological polar surface area (TPSA) is 21.3 Å². The van der Waals surface area contributed by atoms with E-state index in [9.17, 15) is 0 Å². The van der Waals surface area contributed by atoms with E-state index in [1.807, 2.05) is 0 Å². The first-order valence-electron chi connectivity index (χ1n) is 6.60. The molecule has 1 fully saturated rings. The molecule has 0 bridgehead atoms. The third-order valence-corrected chi connectivity index (χ3v) is 4.44. The van der Waals surface area contributed by atoms with Crippen LogP contribution in [0.25, 0.3) is 0 Å². The predicted octanol–water partition coefficient (Wildman–Crippen LogP) is 2.03. The van der Waals surface area contributed by atoms with Crippen molar-refractivity contribution < 1.29 is 4.74 Å². The molecule has 2 nitrogen and oxygen atoms in total. The Bertz CT molecular complexity index is 377. The minimum absolute atomic E-state index is 0.615. The summed E-state index contributed by atoms with van der Waals surface area (Å²) in [5.74, 6) is 0.881. The number of methoxy groups -OCH3 is 1. The molecule has 0 saturated heterocycles. The molecule has 0 heterocycles. The van der Waals surface area contributed by atoms with E-state index < -0.39 is 0 Å². The van der Waals surface area contributed by atoms with E-state index in [-0.39, 0.29) is 0 Å². The summed E-state index contributed by atoms with van der Waals surface area (Å²) in [6.07, 6.45) is 4.02. The monoisotopic (exact) mass is 231 g/mol. The Morgan fingerprint density at radius 2 is 2.00 bits per heavy atom. The summed E-state index contributed by atoms with van der Waals surface area (Å²) >= 11 is 0. The smallest absolute Gasteiger partial charge is 0.0587 e. The average molecular weight is 231 g/mol. The molecule has 0 amide bonds. The van der Waals surface area contributed by atoms with E-state index in [0.29, 0.717) is 5.41 Å². The number of fused-ring (bicyclic) bond motifs is 1. The zero-order valence-electron chi connectivity index (χ0n) is 10.5. The Morgan fingerprint density at radius 3 is 2.65 bits per heavy atom. The van der Waals surface area contributed by atoms with Gasteiger partial charge in [-0.05, 0) is 48.3 Å². The summed E-state index contributed by atoms with van der Waals surface area (Å²) in [5.41, 5.74) is 3.79. The first-order chi connectivity index (χ1) is 8.34. The summed E-state index contributed by atoms with van der Waals surface area (Å²) in [6, 6.07) is 8.95.